The molecule has 2 aromatic heterocycles. The number of rotatable bonds is 3. The van der Waals surface area contributed by atoms with E-state index < -0.39 is 6.10 Å². The molecule has 154 valence electrons. The predicted molar refractivity (Wildman–Crippen MR) is 115 cm³/mol. The third-order valence-corrected chi connectivity index (χ3v) is 6.59. The molecule has 0 radical (unpaired) electrons. The largest absolute Gasteiger partial charge is 0.385 e. The Labute approximate surface area is 175 Å². The second-order valence-corrected chi connectivity index (χ2v) is 8.76. The van der Waals surface area contributed by atoms with Crippen LogP contribution in [0.5, 0.6) is 0 Å². The Bertz CT molecular complexity index is 1140. The monoisotopic (exact) mass is 402 g/mol. The Hall–Kier alpha value is -2.99. The molecule has 1 aliphatic carbocycles. The molecule has 1 saturated heterocycles. The normalized spacial score (nSPS) is 18.3. The molecule has 2 aliphatic rings. The van der Waals surface area contributed by atoms with E-state index in [9.17, 15) is 9.90 Å². The topological polar surface area (TPSA) is 70.7 Å². The summed E-state index contributed by atoms with van der Waals surface area (Å²) in [4.78, 5) is 15.2. The van der Waals surface area contributed by atoms with Gasteiger partial charge in [-0.15, -0.1) is 10.2 Å². The van der Waals surface area contributed by atoms with Crippen molar-refractivity contribution in [3.8, 4) is 0 Å². The molecule has 0 saturated carbocycles. The number of nitrogens with zero attached hydrogens (tertiary/aromatic N) is 4. The van der Waals surface area contributed by atoms with Gasteiger partial charge in [0.15, 0.2) is 11.5 Å². The first kappa shape index (κ1) is 19.0. The van der Waals surface area contributed by atoms with Crippen LogP contribution in [0.4, 0.5) is 0 Å². The lowest BCUT2D eigenvalue weighted by atomic mass is 9.74. The summed E-state index contributed by atoms with van der Waals surface area (Å²) in [5.74, 6) is 0.498. The molecule has 1 spiro atoms. The summed E-state index contributed by atoms with van der Waals surface area (Å²) in [6, 6.07) is 12.1. The highest BCUT2D eigenvalue weighted by atomic mass is 16.3. The molecular weight excluding hydrogens is 376 g/mol. The van der Waals surface area contributed by atoms with E-state index in [2.05, 4.69) is 46.6 Å². The van der Waals surface area contributed by atoms with Gasteiger partial charge < -0.3 is 10.0 Å². The number of fused-ring (bicyclic) bond motifs is 3. The zero-order valence-electron chi connectivity index (χ0n) is 17.3. The van der Waals surface area contributed by atoms with Crippen molar-refractivity contribution in [3.05, 3.63) is 71.2 Å². The van der Waals surface area contributed by atoms with Crippen molar-refractivity contribution in [1.82, 2.24) is 19.5 Å². The summed E-state index contributed by atoms with van der Waals surface area (Å²) in [7, 11) is 0. The molecule has 1 aromatic carbocycles. The van der Waals surface area contributed by atoms with Gasteiger partial charge in [0.05, 0.1) is 5.56 Å². The van der Waals surface area contributed by atoms with Gasteiger partial charge >= 0.3 is 0 Å². The standard InChI is InChI=1S/C24H26N4O2/c1-16(2)21(29)22-26-25-20-8-7-18(15-28(20)22)23(30)27-13-11-24(12-14-27)10-9-17-5-3-4-6-19(17)24/h3-10,15-16,21,29H,11-14H2,1-2H3. The lowest BCUT2D eigenvalue weighted by Crippen LogP contribution is -2.44. The van der Waals surface area contributed by atoms with Crippen LogP contribution in [0.25, 0.3) is 11.7 Å². The van der Waals surface area contributed by atoms with Crippen LogP contribution in [0.15, 0.2) is 48.7 Å². The molecule has 1 N–H and O–H groups in total. The third-order valence-electron chi connectivity index (χ3n) is 6.59. The van der Waals surface area contributed by atoms with Crippen molar-refractivity contribution in [1.29, 1.82) is 0 Å². The van der Waals surface area contributed by atoms with Crippen molar-refractivity contribution in [2.24, 2.45) is 5.92 Å². The number of likely N-dealkylation sites (tertiary alicyclic amines) is 1. The summed E-state index contributed by atoms with van der Waals surface area (Å²) in [6.45, 7) is 5.30. The summed E-state index contributed by atoms with van der Waals surface area (Å²) >= 11 is 0. The first-order valence-electron chi connectivity index (χ1n) is 10.6. The van der Waals surface area contributed by atoms with Gasteiger partial charge in [-0.3, -0.25) is 9.20 Å². The Morgan fingerprint density at radius 2 is 1.87 bits per heavy atom. The van der Waals surface area contributed by atoms with E-state index in [0.29, 0.717) is 17.0 Å². The maximum atomic E-state index is 13.2. The number of hydrogen-bond acceptors (Lipinski definition) is 4. The molecule has 3 aromatic rings. The summed E-state index contributed by atoms with van der Waals surface area (Å²) in [5.41, 5.74) is 3.96. The highest BCUT2D eigenvalue weighted by Crippen LogP contribution is 2.43. The Kier molecular flexibility index (Phi) is 4.47. The lowest BCUT2D eigenvalue weighted by Gasteiger charge is -2.39. The van der Waals surface area contributed by atoms with Crippen molar-refractivity contribution in [2.45, 2.75) is 38.2 Å². The number of benzene rings is 1. The van der Waals surface area contributed by atoms with E-state index >= 15 is 0 Å². The number of amides is 1. The quantitative estimate of drug-likeness (QED) is 0.726. The van der Waals surface area contributed by atoms with E-state index in [1.807, 2.05) is 18.7 Å². The molecule has 0 bridgehead atoms. The maximum absolute atomic E-state index is 13.2. The minimum absolute atomic E-state index is 0.0115. The number of pyridine rings is 1. The van der Waals surface area contributed by atoms with Crippen LogP contribution < -0.4 is 0 Å². The molecule has 1 atom stereocenters. The number of aliphatic hydroxyl groups excluding tert-OH is 1. The Morgan fingerprint density at radius 3 is 2.63 bits per heavy atom. The molecular formula is C24H26N4O2. The van der Waals surface area contributed by atoms with Crippen LogP contribution in [-0.2, 0) is 5.41 Å². The predicted octanol–water partition coefficient (Wildman–Crippen LogP) is 3.62. The molecule has 30 heavy (non-hydrogen) atoms. The van der Waals surface area contributed by atoms with Crippen LogP contribution in [0, 0.1) is 5.92 Å². The van der Waals surface area contributed by atoms with Gasteiger partial charge in [0, 0.05) is 24.7 Å². The van der Waals surface area contributed by atoms with Crippen molar-refractivity contribution in [3.63, 3.8) is 0 Å². The number of carbonyl (C=O) groups is 1. The Balaban J connectivity index is 1.37. The molecule has 1 unspecified atom stereocenters. The van der Waals surface area contributed by atoms with Gasteiger partial charge in [0.2, 0.25) is 0 Å². The number of piperidine rings is 1. The summed E-state index contributed by atoms with van der Waals surface area (Å²) < 4.78 is 1.74. The van der Waals surface area contributed by atoms with E-state index in [1.165, 1.54) is 11.1 Å². The van der Waals surface area contributed by atoms with Gasteiger partial charge in [-0.25, -0.2) is 0 Å². The fraction of sp³-hybridized carbons (Fsp3) is 0.375. The van der Waals surface area contributed by atoms with Gasteiger partial charge in [-0.1, -0.05) is 50.3 Å². The van der Waals surface area contributed by atoms with Gasteiger partial charge in [-0.2, -0.15) is 0 Å². The molecule has 6 heteroatoms. The number of carbonyl (C=O) groups excluding carboxylic acids is 1. The fourth-order valence-corrected chi connectivity index (χ4v) is 4.70. The van der Waals surface area contributed by atoms with Crippen LogP contribution >= 0.6 is 0 Å². The van der Waals surface area contributed by atoms with E-state index in [-0.39, 0.29) is 17.2 Å². The highest BCUT2D eigenvalue weighted by molar-refractivity contribution is 5.94. The number of allylic oxidation sites excluding steroid dienone is 1. The third kappa shape index (κ3) is 2.94. The van der Waals surface area contributed by atoms with Crippen molar-refractivity contribution < 1.29 is 9.90 Å². The van der Waals surface area contributed by atoms with Gasteiger partial charge in [0.25, 0.3) is 5.91 Å². The second kappa shape index (κ2) is 7.06. The maximum Gasteiger partial charge on any atom is 0.255 e. The van der Waals surface area contributed by atoms with E-state index in [1.54, 1.807) is 22.7 Å². The first-order chi connectivity index (χ1) is 14.5. The SMILES string of the molecule is CC(C)C(O)c1nnc2ccc(C(=O)N3CCC4(C=Cc5ccccc54)CC3)cn12. The van der Waals surface area contributed by atoms with Crippen LogP contribution in [-0.4, -0.2) is 43.6 Å². The molecule has 1 amide bonds. The lowest BCUT2D eigenvalue weighted by molar-refractivity contribution is 0.0689. The van der Waals surface area contributed by atoms with Crippen molar-refractivity contribution in [2.75, 3.05) is 13.1 Å². The number of aromatic nitrogens is 3. The fourth-order valence-electron chi connectivity index (χ4n) is 4.70. The summed E-state index contributed by atoms with van der Waals surface area (Å²) in [6.07, 6.45) is 7.43. The van der Waals surface area contributed by atoms with Crippen LogP contribution in [0.2, 0.25) is 0 Å². The molecule has 5 rings (SSSR count). The highest BCUT2D eigenvalue weighted by Gasteiger charge is 2.39. The van der Waals surface area contributed by atoms with Gasteiger partial charge in [-0.05, 0) is 42.0 Å². The van der Waals surface area contributed by atoms with E-state index in [0.717, 1.165) is 25.9 Å². The molecule has 1 fully saturated rings. The van der Waals surface area contributed by atoms with E-state index in [4.69, 9.17) is 0 Å². The van der Waals surface area contributed by atoms with Crippen LogP contribution in [0.3, 0.4) is 0 Å². The zero-order chi connectivity index (χ0) is 20.9. The minimum Gasteiger partial charge on any atom is -0.385 e. The number of aliphatic hydroxyl groups is 1. The second-order valence-electron chi connectivity index (χ2n) is 8.76. The molecule has 3 heterocycles. The zero-order valence-corrected chi connectivity index (χ0v) is 17.3. The number of hydrogen-bond donors (Lipinski definition) is 1. The molecule has 1 aliphatic heterocycles. The van der Waals surface area contributed by atoms with Crippen LogP contribution in [0.1, 0.15) is 60.1 Å². The minimum atomic E-state index is -0.727. The Morgan fingerprint density at radius 1 is 1.10 bits per heavy atom. The average Bonchev–Trinajstić information content (AvgIpc) is 3.35. The average molecular weight is 402 g/mol. The molecule has 6 nitrogen and oxygen atoms in total. The van der Waals surface area contributed by atoms with Gasteiger partial charge in [0.1, 0.15) is 6.10 Å². The summed E-state index contributed by atoms with van der Waals surface area (Å²) in [5, 5.41) is 18.7. The smallest absolute Gasteiger partial charge is 0.255 e. The van der Waals surface area contributed by atoms with Crippen molar-refractivity contribution >= 4 is 17.6 Å². The first-order valence-corrected chi connectivity index (χ1v) is 10.6.